The maximum atomic E-state index is 6.25. The molecule has 3 atom stereocenters. The van der Waals surface area contributed by atoms with Gasteiger partial charge in [0.2, 0.25) is 0 Å². The first-order valence-corrected chi connectivity index (χ1v) is 8.32. The maximum Gasteiger partial charge on any atom is 0.0331 e. The van der Waals surface area contributed by atoms with Crippen LogP contribution in [0, 0.1) is 17.3 Å². The van der Waals surface area contributed by atoms with Gasteiger partial charge in [-0.05, 0) is 55.9 Å². The molecule has 0 bridgehead atoms. The van der Waals surface area contributed by atoms with Crippen molar-refractivity contribution in [3.8, 4) is 0 Å². The summed E-state index contributed by atoms with van der Waals surface area (Å²) >= 11 is 0. The van der Waals surface area contributed by atoms with Gasteiger partial charge < -0.3 is 5.73 Å². The number of likely N-dealkylation sites (tertiary alicyclic amines) is 1. The monoisotopic (exact) mass is 266 g/mol. The van der Waals surface area contributed by atoms with Crippen molar-refractivity contribution in [2.24, 2.45) is 23.0 Å². The zero-order valence-electron chi connectivity index (χ0n) is 13.5. The molecule has 2 aliphatic rings. The van der Waals surface area contributed by atoms with Gasteiger partial charge >= 0.3 is 0 Å². The summed E-state index contributed by atoms with van der Waals surface area (Å²) in [5.41, 5.74) is 7.03. The highest BCUT2D eigenvalue weighted by Gasteiger charge is 2.41. The van der Waals surface area contributed by atoms with Gasteiger partial charge in [-0.15, -0.1) is 0 Å². The van der Waals surface area contributed by atoms with Gasteiger partial charge in [0.15, 0.2) is 0 Å². The Morgan fingerprint density at radius 1 is 1.16 bits per heavy atom. The Balaban J connectivity index is 2.06. The van der Waals surface area contributed by atoms with Gasteiger partial charge in [-0.1, -0.05) is 34.1 Å². The summed E-state index contributed by atoms with van der Waals surface area (Å²) in [7, 11) is 0. The fraction of sp³-hybridized carbons (Fsp3) is 1.00. The summed E-state index contributed by atoms with van der Waals surface area (Å²) < 4.78 is 0. The quantitative estimate of drug-likeness (QED) is 0.773. The van der Waals surface area contributed by atoms with Crippen LogP contribution in [-0.2, 0) is 0 Å². The van der Waals surface area contributed by atoms with Crippen LogP contribution in [0.3, 0.4) is 0 Å². The van der Waals surface area contributed by atoms with Gasteiger partial charge in [0, 0.05) is 18.6 Å². The normalized spacial score (nSPS) is 38.4. The fourth-order valence-electron chi connectivity index (χ4n) is 4.27. The number of hydrogen-bond acceptors (Lipinski definition) is 2. The van der Waals surface area contributed by atoms with Crippen LogP contribution in [0.1, 0.15) is 66.2 Å². The molecule has 1 saturated carbocycles. The zero-order chi connectivity index (χ0) is 14.1. The molecule has 2 heteroatoms. The SMILES string of the molecule is CC1CCN(C2(CN)CCCC(C(C)(C)C)CC2)C1. The highest BCUT2D eigenvalue weighted by Crippen LogP contribution is 2.42. The molecule has 3 unspecified atom stereocenters. The Morgan fingerprint density at radius 2 is 1.89 bits per heavy atom. The topological polar surface area (TPSA) is 29.3 Å². The lowest BCUT2D eigenvalue weighted by Crippen LogP contribution is -2.52. The minimum atomic E-state index is 0.324. The van der Waals surface area contributed by atoms with Gasteiger partial charge in [0.25, 0.3) is 0 Å². The third kappa shape index (κ3) is 3.33. The fourth-order valence-corrected chi connectivity index (χ4v) is 4.27. The van der Waals surface area contributed by atoms with E-state index >= 15 is 0 Å². The van der Waals surface area contributed by atoms with Crippen molar-refractivity contribution in [2.45, 2.75) is 71.8 Å². The molecule has 0 aromatic rings. The lowest BCUT2D eigenvalue weighted by atomic mass is 9.76. The van der Waals surface area contributed by atoms with E-state index in [9.17, 15) is 0 Å². The molecule has 0 amide bonds. The molecule has 2 rings (SSSR count). The van der Waals surface area contributed by atoms with Gasteiger partial charge in [-0.25, -0.2) is 0 Å². The lowest BCUT2D eigenvalue weighted by Gasteiger charge is -2.41. The van der Waals surface area contributed by atoms with Crippen LogP contribution in [0.4, 0.5) is 0 Å². The predicted molar refractivity (Wildman–Crippen MR) is 83.2 cm³/mol. The van der Waals surface area contributed by atoms with Crippen molar-refractivity contribution in [3.63, 3.8) is 0 Å². The zero-order valence-corrected chi connectivity index (χ0v) is 13.5. The standard InChI is InChI=1S/C17H34N2/c1-14-8-11-19(12-14)17(13-18)9-5-6-15(7-10-17)16(2,3)4/h14-15H,5-13,18H2,1-4H3. The lowest BCUT2D eigenvalue weighted by molar-refractivity contribution is 0.0970. The number of nitrogens with zero attached hydrogens (tertiary/aromatic N) is 1. The summed E-state index contributed by atoms with van der Waals surface area (Å²) in [6.07, 6.45) is 8.13. The van der Waals surface area contributed by atoms with Crippen molar-refractivity contribution < 1.29 is 0 Å². The summed E-state index contributed by atoms with van der Waals surface area (Å²) in [4.78, 5) is 2.74. The first-order chi connectivity index (χ1) is 8.87. The summed E-state index contributed by atoms with van der Waals surface area (Å²) in [6, 6.07) is 0. The Labute approximate surface area is 120 Å². The second-order valence-corrected chi connectivity index (χ2v) is 8.26. The van der Waals surface area contributed by atoms with Crippen LogP contribution < -0.4 is 5.73 Å². The average molecular weight is 266 g/mol. The van der Waals surface area contributed by atoms with Crippen molar-refractivity contribution in [3.05, 3.63) is 0 Å². The molecule has 2 nitrogen and oxygen atoms in total. The van der Waals surface area contributed by atoms with Crippen LogP contribution in [0.5, 0.6) is 0 Å². The van der Waals surface area contributed by atoms with Gasteiger partial charge in [0.05, 0.1) is 0 Å². The number of nitrogens with two attached hydrogens (primary N) is 1. The Bertz CT molecular complexity index is 294. The minimum absolute atomic E-state index is 0.324. The molecule has 2 fully saturated rings. The van der Waals surface area contributed by atoms with E-state index < -0.39 is 0 Å². The van der Waals surface area contributed by atoms with E-state index in [-0.39, 0.29) is 0 Å². The molecule has 1 saturated heterocycles. The maximum absolute atomic E-state index is 6.25. The second-order valence-electron chi connectivity index (χ2n) is 8.26. The van der Waals surface area contributed by atoms with E-state index in [2.05, 4.69) is 32.6 Å². The smallest absolute Gasteiger partial charge is 0.0331 e. The van der Waals surface area contributed by atoms with Gasteiger partial charge in [-0.2, -0.15) is 0 Å². The van der Waals surface area contributed by atoms with Crippen molar-refractivity contribution >= 4 is 0 Å². The van der Waals surface area contributed by atoms with Crippen molar-refractivity contribution in [2.75, 3.05) is 19.6 Å². The van der Waals surface area contributed by atoms with Crippen LogP contribution in [0.25, 0.3) is 0 Å². The van der Waals surface area contributed by atoms with Gasteiger partial charge in [-0.3, -0.25) is 4.90 Å². The molecule has 0 radical (unpaired) electrons. The van der Waals surface area contributed by atoms with Crippen molar-refractivity contribution in [1.29, 1.82) is 0 Å². The molecule has 1 aliphatic carbocycles. The number of hydrogen-bond donors (Lipinski definition) is 1. The molecule has 1 aliphatic heterocycles. The molecular formula is C17H34N2. The molecule has 0 aromatic heterocycles. The van der Waals surface area contributed by atoms with E-state index in [1.807, 2.05) is 0 Å². The van der Waals surface area contributed by atoms with Crippen LogP contribution in [0.15, 0.2) is 0 Å². The molecule has 0 spiro atoms. The highest BCUT2D eigenvalue weighted by molar-refractivity contribution is 4.97. The van der Waals surface area contributed by atoms with Crippen LogP contribution in [0.2, 0.25) is 0 Å². The van der Waals surface area contributed by atoms with Crippen LogP contribution in [-0.4, -0.2) is 30.1 Å². The predicted octanol–water partition coefficient (Wildman–Crippen LogP) is 3.65. The van der Waals surface area contributed by atoms with E-state index in [1.165, 1.54) is 51.6 Å². The molecule has 0 aromatic carbocycles. The summed E-state index contributed by atoms with van der Waals surface area (Å²) in [5.74, 6) is 1.74. The Morgan fingerprint density at radius 3 is 2.42 bits per heavy atom. The third-order valence-electron chi connectivity index (χ3n) is 5.85. The summed E-state index contributed by atoms with van der Waals surface area (Å²) in [5, 5.41) is 0. The molecule has 112 valence electrons. The van der Waals surface area contributed by atoms with Crippen molar-refractivity contribution in [1.82, 2.24) is 4.90 Å². The molecule has 1 heterocycles. The van der Waals surface area contributed by atoms with E-state index in [0.717, 1.165) is 18.4 Å². The largest absolute Gasteiger partial charge is 0.329 e. The first kappa shape index (κ1) is 15.3. The number of rotatable bonds is 2. The molecule has 2 N–H and O–H groups in total. The Hall–Kier alpha value is -0.0800. The summed E-state index contributed by atoms with van der Waals surface area (Å²) in [6.45, 7) is 13.0. The average Bonchev–Trinajstić information content (AvgIpc) is 2.65. The first-order valence-electron chi connectivity index (χ1n) is 8.32. The second kappa shape index (κ2) is 5.73. The van der Waals surface area contributed by atoms with E-state index in [0.29, 0.717) is 11.0 Å². The highest BCUT2D eigenvalue weighted by atomic mass is 15.2. The third-order valence-corrected chi connectivity index (χ3v) is 5.85. The van der Waals surface area contributed by atoms with E-state index in [1.54, 1.807) is 0 Å². The minimum Gasteiger partial charge on any atom is -0.329 e. The molecule has 19 heavy (non-hydrogen) atoms. The molecular weight excluding hydrogens is 232 g/mol. The van der Waals surface area contributed by atoms with E-state index in [4.69, 9.17) is 5.73 Å². The Kier molecular flexibility index (Phi) is 4.62. The van der Waals surface area contributed by atoms with Gasteiger partial charge in [0.1, 0.15) is 0 Å². The van der Waals surface area contributed by atoms with Crippen LogP contribution >= 0.6 is 0 Å².